The van der Waals surface area contributed by atoms with E-state index in [0.717, 1.165) is 35.9 Å². The minimum absolute atomic E-state index is 0.0225. The fourth-order valence-electron chi connectivity index (χ4n) is 2.93. The molecule has 3 rings (SSSR count). The number of anilines is 2. The molecule has 2 aromatic rings. The van der Waals surface area contributed by atoms with Crippen LogP contribution in [0.2, 0.25) is 0 Å². The molecule has 1 N–H and O–H groups in total. The molecule has 1 aliphatic rings. The molecule has 6 nitrogen and oxygen atoms in total. The highest BCUT2D eigenvalue weighted by Crippen LogP contribution is 2.28. The number of rotatable bonds is 4. The Morgan fingerprint density at radius 1 is 1.42 bits per heavy atom. The predicted molar refractivity (Wildman–Crippen MR) is 93.2 cm³/mol. The van der Waals surface area contributed by atoms with Crippen LogP contribution >= 0.6 is 0 Å². The van der Waals surface area contributed by atoms with E-state index in [0.29, 0.717) is 12.4 Å². The van der Waals surface area contributed by atoms with E-state index >= 15 is 0 Å². The second-order valence-corrected chi connectivity index (χ2v) is 5.99. The van der Waals surface area contributed by atoms with Gasteiger partial charge in [-0.15, -0.1) is 0 Å². The van der Waals surface area contributed by atoms with Crippen LogP contribution in [0.25, 0.3) is 0 Å². The van der Waals surface area contributed by atoms with Gasteiger partial charge in [0.25, 0.3) is 0 Å². The van der Waals surface area contributed by atoms with Gasteiger partial charge in [-0.05, 0) is 38.0 Å². The Labute approximate surface area is 141 Å². The molecular formula is C18H21N5O. The van der Waals surface area contributed by atoms with Crippen LogP contribution in [0.3, 0.4) is 0 Å². The standard InChI is InChI=1S/C18H21N5O/c1-4-17(24)23-9-7-14(11-23)15-10-16(21-13(3)20-15)22-18-12(2)6-5-8-19-18/h4-6,8,10,14H,1,7,9,11H2,2-3H3,(H,19,20,21,22)/t14-/m1/s1. The lowest BCUT2D eigenvalue weighted by Gasteiger charge is -2.15. The number of hydrogen-bond acceptors (Lipinski definition) is 5. The van der Waals surface area contributed by atoms with Crippen molar-refractivity contribution in [2.75, 3.05) is 18.4 Å². The van der Waals surface area contributed by atoms with Crippen LogP contribution in [0, 0.1) is 13.8 Å². The zero-order valence-electron chi connectivity index (χ0n) is 14.0. The van der Waals surface area contributed by atoms with Gasteiger partial charge in [-0.2, -0.15) is 0 Å². The molecule has 0 aromatic carbocycles. The number of pyridine rings is 1. The topological polar surface area (TPSA) is 71.0 Å². The highest BCUT2D eigenvalue weighted by atomic mass is 16.2. The first-order valence-electron chi connectivity index (χ1n) is 8.02. The van der Waals surface area contributed by atoms with E-state index in [1.807, 2.05) is 36.9 Å². The summed E-state index contributed by atoms with van der Waals surface area (Å²) >= 11 is 0. The zero-order chi connectivity index (χ0) is 17.1. The van der Waals surface area contributed by atoms with Crippen LogP contribution in [0.15, 0.2) is 37.1 Å². The van der Waals surface area contributed by atoms with Crippen molar-refractivity contribution in [3.05, 3.63) is 54.1 Å². The lowest BCUT2D eigenvalue weighted by molar-refractivity contribution is -0.125. The zero-order valence-corrected chi connectivity index (χ0v) is 14.0. The first-order valence-corrected chi connectivity index (χ1v) is 8.02. The second-order valence-electron chi connectivity index (χ2n) is 5.99. The SMILES string of the molecule is C=CC(=O)N1CC[C@@H](c2cc(Nc3ncccc3C)nc(C)n2)C1. The summed E-state index contributed by atoms with van der Waals surface area (Å²) in [6.45, 7) is 8.84. The van der Waals surface area contributed by atoms with Gasteiger partial charge in [-0.3, -0.25) is 4.79 Å². The molecule has 1 fully saturated rings. The Morgan fingerprint density at radius 2 is 2.25 bits per heavy atom. The molecule has 0 aliphatic carbocycles. The molecule has 0 bridgehead atoms. The molecule has 3 heterocycles. The third-order valence-corrected chi connectivity index (χ3v) is 4.21. The number of aryl methyl sites for hydroxylation is 2. The second kappa shape index (κ2) is 6.78. The number of hydrogen-bond donors (Lipinski definition) is 1. The minimum Gasteiger partial charge on any atom is -0.338 e. The average molecular weight is 323 g/mol. The molecule has 124 valence electrons. The van der Waals surface area contributed by atoms with Crippen molar-refractivity contribution >= 4 is 17.5 Å². The van der Waals surface area contributed by atoms with Crippen molar-refractivity contribution in [1.82, 2.24) is 19.9 Å². The van der Waals surface area contributed by atoms with Crippen LogP contribution in [0.5, 0.6) is 0 Å². The van der Waals surface area contributed by atoms with E-state index in [2.05, 4.69) is 26.8 Å². The van der Waals surface area contributed by atoms with Gasteiger partial charge >= 0.3 is 0 Å². The van der Waals surface area contributed by atoms with Gasteiger partial charge in [-0.1, -0.05) is 12.6 Å². The quantitative estimate of drug-likeness (QED) is 0.876. The number of aromatic nitrogens is 3. The van der Waals surface area contributed by atoms with Crippen LogP contribution in [0.4, 0.5) is 11.6 Å². The predicted octanol–water partition coefficient (Wildman–Crippen LogP) is 2.73. The minimum atomic E-state index is -0.0225. The number of carbonyl (C=O) groups excluding carboxylic acids is 1. The van der Waals surface area contributed by atoms with Gasteiger partial charge in [0.2, 0.25) is 5.91 Å². The van der Waals surface area contributed by atoms with Crippen molar-refractivity contribution in [2.45, 2.75) is 26.2 Å². The molecular weight excluding hydrogens is 302 g/mol. The molecule has 0 saturated carbocycles. The van der Waals surface area contributed by atoms with Crippen molar-refractivity contribution in [1.29, 1.82) is 0 Å². The third kappa shape index (κ3) is 3.42. The molecule has 24 heavy (non-hydrogen) atoms. The Hall–Kier alpha value is -2.76. The number of nitrogens with one attached hydrogen (secondary N) is 1. The monoisotopic (exact) mass is 323 g/mol. The van der Waals surface area contributed by atoms with Crippen LogP contribution in [-0.2, 0) is 4.79 Å². The van der Waals surface area contributed by atoms with Gasteiger partial charge in [0, 0.05) is 31.3 Å². The van der Waals surface area contributed by atoms with Crippen LogP contribution in [-0.4, -0.2) is 38.8 Å². The number of likely N-dealkylation sites (tertiary alicyclic amines) is 1. The van der Waals surface area contributed by atoms with Gasteiger partial charge in [0.05, 0.1) is 5.69 Å². The molecule has 6 heteroatoms. The van der Waals surface area contributed by atoms with Crippen molar-refractivity contribution < 1.29 is 4.79 Å². The maximum Gasteiger partial charge on any atom is 0.245 e. The van der Waals surface area contributed by atoms with Crippen molar-refractivity contribution in [3.8, 4) is 0 Å². The Balaban J connectivity index is 1.81. The summed E-state index contributed by atoms with van der Waals surface area (Å²) in [5.74, 6) is 2.42. The molecule has 1 amide bonds. The molecule has 1 atom stereocenters. The van der Waals surface area contributed by atoms with Gasteiger partial charge in [0.1, 0.15) is 17.5 Å². The highest BCUT2D eigenvalue weighted by molar-refractivity contribution is 5.87. The average Bonchev–Trinajstić information content (AvgIpc) is 3.06. The maximum absolute atomic E-state index is 11.8. The molecule has 1 saturated heterocycles. The summed E-state index contributed by atoms with van der Waals surface area (Å²) < 4.78 is 0. The normalized spacial score (nSPS) is 16.9. The van der Waals surface area contributed by atoms with Crippen LogP contribution in [0.1, 0.15) is 29.4 Å². The summed E-state index contributed by atoms with van der Waals surface area (Å²) in [5.41, 5.74) is 2.01. The lowest BCUT2D eigenvalue weighted by atomic mass is 10.0. The fourth-order valence-corrected chi connectivity index (χ4v) is 2.93. The molecule has 0 radical (unpaired) electrons. The largest absolute Gasteiger partial charge is 0.338 e. The number of nitrogens with zero attached hydrogens (tertiary/aromatic N) is 4. The van der Waals surface area contributed by atoms with Gasteiger partial charge in [0.15, 0.2) is 0 Å². The molecule has 1 aliphatic heterocycles. The molecule has 2 aromatic heterocycles. The smallest absolute Gasteiger partial charge is 0.245 e. The van der Waals surface area contributed by atoms with E-state index in [1.165, 1.54) is 6.08 Å². The third-order valence-electron chi connectivity index (χ3n) is 4.21. The summed E-state index contributed by atoms with van der Waals surface area (Å²) in [4.78, 5) is 26.9. The van der Waals surface area contributed by atoms with E-state index in [-0.39, 0.29) is 11.8 Å². The number of carbonyl (C=O) groups is 1. The summed E-state index contributed by atoms with van der Waals surface area (Å²) in [7, 11) is 0. The van der Waals surface area contributed by atoms with Crippen molar-refractivity contribution in [2.24, 2.45) is 0 Å². The summed E-state index contributed by atoms with van der Waals surface area (Å²) in [5, 5.41) is 3.26. The Bertz CT molecular complexity index is 774. The molecule has 0 spiro atoms. The lowest BCUT2D eigenvalue weighted by Crippen LogP contribution is -2.26. The Kier molecular flexibility index (Phi) is 4.55. The Morgan fingerprint density at radius 3 is 3.00 bits per heavy atom. The summed E-state index contributed by atoms with van der Waals surface area (Å²) in [6, 6.07) is 5.86. The maximum atomic E-state index is 11.8. The van der Waals surface area contributed by atoms with E-state index in [4.69, 9.17) is 0 Å². The molecule has 0 unspecified atom stereocenters. The summed E-state index contributed by atoms with van der Waals surface area (Å²) in [6.07, 6.45) is 4.02. The first-order chi connectivity index (χ1) is 11.6. The van der Waals surface area contributed by atoms with Gasteiger partial charge < -0.3 is 10.2 Å². The van der Waals surface area contributed by atoms with Gasteiger partial charge in [-0.25, -0.2) is 15.0 Å². The van der Waals surface area contributed by atoms with E-state index in [9.17, 15) is 4.79 Å². The van der Waals surface area contributed by atoms with Crippen LogP contribution < -0.4 is 5.32 Å². The van der Waals surface area contributed by atoms with Crippen molar-refractivity contribution in [3.63, 3.8) is 0 Å². The van der Waals surface area contributed by atoms with E-state index < -0.39 is 0 Å². The fraction of sp³-hybridized carbons (Fsp3) is 0.333. The van der Waals surface area contributed by atoms with E-state index in [1.54, 1.807) is 6.20 Å². The highest BCUT2D eigenvalue weighted by Gasteiger charge is 2.27. The number of amides is 1. The first kappa shape index (κ1) is 16.1.